The number of rotatable bonds is 5. The predicted molar refractivity (Wildman–Crippen MR) is 78.2 cm³/mol. The maximum absolute atomic E-state index is 12.0. The van der Waals surface area contributed by atoms with Crippen molar-refractivity contribution in [2.24, 2.45) is 0 Å². The maximum atomic E-state index is 12.0. The van der Waals surface area contributed by atoms with Gasteiger partial charge in [0.1, 0.15) is 5.75 Å². The van der Waals surface area contributed by atoms with Crippen molar-refractivity contribution < 1.29 is 4.74 Å². The largest absolute Gasteiger partial charge is 0.493 e. The van der Waals surface area contributed by atoms with E-state index < -0.39 is 0 Å². The lowest BCUT2D eigenvalue weighted by atomic mass is 10.3. The molecule has 0 spiro atoms. The molecule has 0 bridgehead atoms. The van der Waals surface area contributed by atoms with E-state index >= 15 is 0 Å². The molecule has 3 rings (SSSR count). The first-order chi connectivity index (χ1) is 10.2. The fourth-order valence-electron chi connectivity index (χ4n) is 2.03. The smallest absolute Gasteiger partial charge is 0.350 e. The average Bonchev–Trinajstić information content (AvgIpc) is 2.81. The van der Waals surface area contributed by atoms with Gasteiger partial charge < -0.3 is 10.5 Å². The van der Waals surface area contributed by atoms with Crippen molar-refractivity contribution >= 4 is 11.3 Å². The summed E-state index contributed by atoms with van der Waals surface area (Å²) in [5.41, 5.74) is 6.71. The van der Waals surface area contributed by atoms with E-state index in [1.54, 1.807) is 30.7 Å². The van der Waals surface area contributed by atoms with Gasteiger partial charge >= 0.3 is 5.69 Å². The van der Waals surface area contributed by atoms with Crippen LogP contribution < -0.4 is 16.2 Å². The van der Waals surface area contributed by atoms with Gasteiger partial charge in [-0.25, -0.2) is 13.9 Å². The Labute approximate surface area is 120 Å². The highest BCUT2D eigenvalue weighted by atomic mass is 16.5. The number of ether oxygens (including phenoxy) is 1. The van der Waals surface area contributed by atoms with E-state index in [1.165, 1.54) is 9.08 Å². The van der Waals surface area contributed by atoms with Gasteiger partial charge in [-0.3, -0.25) is 4.98 Å². The van der Waals surface area contributed by atoms with Gasteiger partial charge in [0.2, 0.25) is 0 Å². The SMILES string of the molecule is Nc1cccc(OCCCn2nc3cnccn3c2=O)c1. The summed E-state index contributed by atoms with van der Waals surface area (Å²) in [5, 5.41) is 4.20. The molecule has 2 heterocycles. The minimum Gasteiger partial charge on any atom is -0.493 e. The molecule has 0 saturated heterocycles. The molecule has 0 atom stereocenters. The summed E-state index contributed by atoms with van der Waals surface area (Å²) < 4.78 is 8.46. The molecule has 0 aliphatic carbocycles. The predicted octanol–water partition coefficient (Wildman–Crippen LogP) is 0.942. The van der Waals surface area contributed by atoms with Crippen LogP contribution in [0.15, 0.2) is 47.7 Å². The molecule has 0 saturated carbocycles. The maximum Gasteiger partial charge on any atom is 0.350 e. The monoisotopic (exact) mass is 285 g/mol. The number of nitrogens with zero attached hydrogens (tertiary/aromatic N) is 4. The number of aromatic nitrogens is 4. The first kappa shape index (κ1) is 13.2. The Morgan fingerprint density at radius 1 is 1.33 bits per heavy atom. The third-order valence-electron chi connectivity index (χ3n) is 3.03. The number of aryl methyl sites for hydroxylation is 1. The standard InChI is InChI=1S/C14H15N5O2/c15-11-3-1-4-12(9-11)21-8-2-6-19-14(20)18-7-5-16-10-13(18)17-19/h1,3-5,7,9-10H,2,6,8,15H2. The normalized spacial score (nSPS) is 10.9. The van der Waals surface area contributed by atoms with Crippen molar-refractivity contribution in [2.75, 3.05) is 12.3 Å². The summed E-state index contributed by atoms with van der Waals surface area (Å²) in [7, 11) is 0. The van der Waals surface area contributed by atoms with E-state index in [4.69, 9.17) is 10.5 Å². The summed E-state index contributed by atoms with van der Waals surface area (Å²) in [6.45, 7) is 0.977. The van der Waals surface area contributed by atoms with Gasteiger partial charge in [0.15, 0.2) is 5.65 Å². The molecule has 0 amide bonds. The van der Waals surface area contributed by atoms with Crippen LogP contribution in [0.1, 0.15) is 6.42 Å². The van der Waals surface area contributed by atoms with Crippen LogP contribution in [0.25, 0.3) is 5.65 Å². The molecule has 108 valence electrons. The van der Waals surface area contributed by atoms with Crippen LogP contribution >= 0.6 is 0 Å². The first-order valence-corrected chi connectivity index (χ1v) is 6.61. The van der Waals surface area contributed by atoms with Gasteiger partial charge in [-0.2, -0.15) is 0 Å². The second-order valence-electron chi connectivity index (χ2n) is 4.58. The Hall–Kier alpha value is -2.83. The van der Waals surface area contributed by atoms with Crippen molar-refractivity contribution in [3.8, 4) is 5.75 Å². The Kier molecular flexibility index (Phi) is 3.55. The zero-order chi connectivity index (χ0) is 14.7. The van der Waals surface area contributed by atoms with Crippen molar-refractivity contribution in [1.29, 1.82) is 0 Å². The molecular weight excluding hydrogens is 270 g/mol. The molecule has 0 aliphatic heterocycles. The molecule has 7 nitrogen and oxygen atoms in total. The average molecular weight is 285 g/mol. The molecule has 0 aliphatic rings. The fraction of sp³-hybridized carbons (Fsp3) is 0.214. The fourth-order valence-corrected chi connectivity index (χ4v) is 2.03. The minimum absolute atomic E-state index is 0.170. The second kappa shape index (κ2) is 5.66. The van der Waals surface area contributed by atoms with Crippen LogP contribution in [0, 0.1) is 0 Å². The highest BCUT2D eigenvalue weighted by Crippen LogP contribution is 2.14. The van der Waals surface area contributed by atoms with E-state index in [1.807, 2.05) is 12.1 Å². The van der Waals surface area contributed by atoms with Crippen LogP contribution in [0.2, 0.25) is 0 Å². The molecule has 1 aromatic carbocycles. The second-order valence-corrected chi connectivity index (χ2v) is 4.58. The molecule has 0 radical (unpaired) electrons. The number of nitrogens with two attached hydrogens (primary N) is 1. The zero-order valence-electron chi connectivity index (χ0n) is 11.3. The number of nitrogen functional groups attached to an aromatic ring is 1. The van der Waals surface area contributed by atoms with Crippen LogP contribution in [0.3, 0.4) is 0 Å². The van der Waals surface area contributed by atoms with Crippen molar-refractivity contribution in [3.63, 3.8) is 0 Å². The highest BCUT2D eigenvalue weighted by molar-refractivity contribution is 5.43. The van der Waals surface area contributed by atoms with Gasteiger partial charge in [0.25, 0.3) is 0 Å². The number of anilines is 1. The van der Waals surface area contributed by atoms with Crippen molar-refractivity contribution in [1.82, 2.24) is 19.2 Å². The van der Waals surface area contributed by atoms with E-state index in [0.717, 1.165) is 5.75 Å². The third kappa shape index (κ3) is 2.86. The van der Waals surface area contributed by atoms with Crippen molar-refractivity contribution in [2.45, 2.75) is 13.0 Å². The van der Waals surface area contributed by atoms with Crippen LogP contribution in [0.4, 0.5) is 5.69 Å². The first-order valence-electron chi connectivity index (χ1n) is 6.61. The molecule has 0 unspecified atom stereocenters. The van der Waals surface area contributed by atoms with Gasteiger partial charge in [0, 0.05) is 37.1 Å². The Morgan fingerprint density at radius 3 is 3.05 bits per heavy atom. The topological polar surface area (TPSA) is 87.4 Å². The lowest BCUT2D eigenvalue weighted by Crippen LogP contribution is -2.22. The Bertz CT molecular complexity index is 808. The van der Waals surface area contributed by atoms with E-state index in [9.17, 15) is 4.79 Å². The highest BCUT2D eigenvalue weighted by Gasteiger charge is 2.05. The lowest BCUT2D eigenvalue weighted by molar-refractivity contribution is 0.298. The number of hydrogen-bond donors (Lipinski definition) is 1. The number of hydrogen-bond acceptors (Lipinski definition) is 5. The van der Waals surface area contributed by atoms with Crippen molar-refractivity contribution in [3.05, 3.63) is 53.3 Å². The summed E-state index contributed by atoms with van der Waals surface area (Å²) in [6.07, 6.45) is 5.39. The molecule has 2 N–H and O–H groups in total. The van der Waals surface area contributed by atoms with Crippen LogP contribution in [-0.4, -0.2) is 25.8 Å². The molecule has 0 fully saturated rings. The van der Waals surface area contributed by atoms with Gasteiger partial charge in [0.05, 0.1) is 12.8 Å². The summed E-state index contributed by atoms with van der Waals surface area (Å²) in [5.74, 6) is 0.724. The summed E-state index contributed by atoms with van der Waals surface area (Å²) in [4.78, 5) is 16.0. The summed E-state index contributed by atoms with van der Waals surface area (Å²) in [6, 6.07) is 7.25. The molecule has 2 aromatic heterocycles. The zero-order valence-corrected chi connectivity index (χ0v) is 11.3. The van der Waals surface area contributed by atoms with Crippen LogP contribution in [-0.2, 0) is 6.54 Å². The lowest BCUT2D eigenvalue weighted by Gasteiger charge is -2.06. The van der Waals surface area contributed by atoms with E-state index in [2.05, 4.69) is 10.1 Å². The molecule has 21 heavy (non-hydrogen) atoms. The van der Waals surface area contributed by atoms with Crippen LogP contribution in [0.5, 0.6) is 5.75 Å². The number of fused-ring (bicyclic) bond motifs is 1. The molecule has 3 aromatic rings. The Balaban J connectivity index is 1.60. The summed E-state index contributed by atoms with van der Waals surface area (Å²) >= 11 is 0. The Morgan fingerprint density at radius 2 is 2.24 bits per heavy atom. The van der Waals surface area contributed by atoms with Gasteiger partial charge in [-0.1, -0.05) is 6.07 Å². The van der Waals surface area contributed by atoms with Gasteiger partial charge in [-0.05, 0) is 12.1 Å². The molecular formula is C14H15N5O2. The molecule has 7 heteroatoms. The quantitative estimate of drug-likeness (QED) is 0.557. The van der Waals surface area contributed by atoms with E-state index in [0.29, 0.717) is 30.9 Å². The van der Waals surface area contributed by atoms with E-state index in [-0.39, 0.29) is 5.69 Å². The number of benzene rings is 1. The van der Waals surface area contributed by atoms with Gasteiger partial charge in [-0.15, -0.1) is 5.10 Å². The third-order valence-corrected chi connectivity index (χ3v) is 3.03. The minimum atomic E-state index is -0.170.